The van der Waals surface area contributed by atoms with E-state index in [9.17, 15) is 9.59 Å². The van der Waals surface area contributed by atoms with Crippen molar-refractivity contribution in [1.82, 2.24) is 0 Å². The molecule has 0 atom stereocenters. The Hall–Kier alpha value is -2.62. The SMILES string of the molecule is CCCCCCCCCCCCCCCCc1ccc(NCN2C(=O)C(=O)c3ccccc32)cc1. The van der Waals surface area contributed by atoms with Gasteiger partial charge in [0.1, 0.15) is 0 Å². The van der Waals surface area contributed by atoms with Crippen LogP contribution < -0.4 is 10.2 Å². The molecule has 3 rings (SSSR count). The monoisotopic (exact) mass is 476 g/mol. The van der Waals surface area contributed by atoms with Crippen LogP contribution in [0.5, 0.6) is 0 Å². The molecule has 35 heavy (non-hydrogen) atoms. The molecule has 4 heteroatoms. The topological polar surface area (TPSA) is 49.4 Å². The molecule has 0 saturated heterocycles. The van der Waals surface area contributed by atoms with E-state index in [4.69, 9.17) is 0 Å². The van der Waals surface area contributed by atoms with Gasteiger partial charge in [-0.15, -0.1) is 0 Å². The fraction of sp³-hybridized carbons (Fsp3) is 0.548. The lowest BCUT2D eigenvalue weighted by Crippen LogP contribution is -2.34. The number of unbranched alkanes of at least 4 members (excludes halogenated alkanes) is 13. The number of carbonyl (C=O) groups excluding carboxylic acids is 2. The third-order valence-corrected chi connectivity index (χ3v) is 7.09. The number of fused-ring (bicyclic) bond motifs is 1. The quantitative estimate of drug-likeness (QED) is 0.174. The third-order valence-electron chi connectivity index (χ3n) is 7.09. The molecule has 1 amide bonds. The van der Waals surface area contributed by atoms with Gasteiger partial charge in [0.25, 0.3) is 5.78 Å². The van der Waals surface area contributed by atoms with Gasteiger partial charge in [-0.05, 0) is 42.7 Å². The van der Waals surface area contributed by atoms with E-state index in [1.54, 1.807) is 12.1 Å². The summed E-state index contributed by atoms with van der Waals surface area (Å²) in [5.74, 6) is -0.890. The first-order valence-corrected chi connectivity index (χ1v) is 14.0. The molecule has 0 bridgehead atoms. The van der Waals surface area contributed by atoms with Gasteiger partial charge in [0.15, 0.2) is 0 Å². The number of nitrogens with zero attached hydrogens (tertiary/aromatic N) is 1. The molecule has 1 aliphatic heterocycles. The molecule has 2 aromatic rings. The Morgan fingerprint density at radius 2 is 1.20 bits per heavy atom. The Bertz CT molecular complexity index is 906. The molecule has 2 aromatic carbocycles. The second-order valence-corrected chi connectivity index (χ2v) is 9.96. The standard InChI is InChI=1S/C31H44N2O2/c1-2-3-4-5-6-7-8-9-10-11-12-13-14-15-18-26-21-23-27(24-22-26)32-25-33-29-20-17-16-19-28(29)30(34)31(33)35/h16-17,19-24,32H,2-15,18,25H2,1H3. The van der Waals surface area contributed by atoms with Gasteiger partial charge in [-0.3, -0.25) is 14.5 Å². The van der Waals surface area contributed by atoms with Crippen LogP contribution in [0.2, 0.25) is 0 Å². The van der Waals surface area contributed by atoms with Crippen molar-refractivity contribution >= 4 is 23.1 Å². The van der Waals surface area contributed by atoms with Crippen LogP contribution in [0.15, 0.2) is 48.5 Å². The molecule has 1 heterocycles. The molecule has 0 radical (unpaired) electrons. The first-order valence-electron chi connectivity index (χ1n) is 14.0. The second kappa shape index (κ2) is 15.4. The molecule has 0 aromatic heterocycles. The smallest absolute Gasteiger partial charge is 0.300 e. The van der Waals surface area contributed by atoms with Crippen molar-refractivity contribution < 1.29 is 9.59 Å². The molecule has 0 spiro atoms. The summed E-state index contributed by atoms with van der Waals surface area (Å²) in [4.78, 5) is 25.9. The molecule has 0 unspecified atom stereocenters. The highest BCUT2D eigenvalue weighted by atomic mass is 16.2. The van der Waals surface area contributed by atoms with Crippen LogP contribution in [0.25, 0.3) is 0 Å². The molecule has 190 valence electrons. The summed E-state index contributed by atoms with van der Waals surface area (Å²) in [5.41, 5.74) is 3.49. The minimum atomic E-state index is -0.465. The van der Waals surface area contributed by atoms with Crippen molar-refractivity contribution in [3.63, 3.8) is 0 Å². The number of anilines is 2. The number of hydrogen-bond donors (Lipinski definition) is 1. The average molecular weight is 477 g/mol. The number of rotatable bonds is 18. The predicted octanol–water partition coefficient (Wildman–Crippen LogP) is 8.31. The summed E-state index contributed by atoms with van der Waals surface area (Å²) in [6, 6.07) is 15.6. The van der Waals surface area contributed by atoms with E-state index in [0.29, 0.717) is 17.9 Å². The van der Waals surface area contributed by atoms with E-state index in [1.165, 1.54) is 100 Å². The van der Waals surface area contributed by atoms with Crippen LogP contribution in [0, 0.1) is 0 Å². The second-order valence-electron chi connectivity index (χ2n) is 9.96. The number of para-hydroxylation sites is 1. The van der Waals surface area contributed by atoms with E-state index in [-0.39, 0.29) is 0 Å². The van der Waals surface area contributed by atoms with Crippen LogP contribution in [0.4, 0.5) is 11.4 Å². The molecule has 1 aliphatic rings. The van der Waals surface area contributed by atoms with Crippen molar-refractivity contribution in [2.24, 2.45) is 0 Å². The largest absolute Gasteiger partial charge is 0.367 e. The van der Waals surface area contributed by atoms with Gasteiger partial charge in [-0.25, -0.2) is 0 Å². The zero-order valence-electron chi connectivity index (χ0n) is 21.7. The molecule has 1 N–H and O–H groups in total. The normalized spacial score (nSPS) is 12.9. The lowest BCUT2D eigenvalue weighted by Gasteiger charge is -2.18. The summed E-state index contributed by atoms with van der Waals surface area (Å²) in [5, 5.41) is 3.28. The van der Waals surface area contributed by atoms with E-state index >= 15 is 0 Å². The van der Waals surface area contributed by atoms with Crippen molar-refractivity contribution in [2.75, 3.05) is 16.9 Å². The summed E-state index contributed by atoms with van der Waals surface area (Å²) in [6.07, 6.45) is 20.5. The van der Waals surface area contributed by atoms with Gasteiger partial charge in [0.2, 0.25) is 0 Å². The fourth-order valence-corrected chi connectivity index (χ4v) is 4.89. The number of aryl methyl sites for hydroxylation is 1. The first kappa shape index (κ1) is 27.0. The number of Topliss-reactive ketones (excluding diaryl/α,β-unsaturated/α-hetero) is 1. The van der Waals surface area contributed by atoms with Gasteiger partial charge in [-0.1, -0.05) is 115 Å². The van der Waals surface area contributed by atoms with Gasteiger partial charge in [-0.2, -0.15) is 0 Å². The molecule has 0 saturated carbocycles. The third kappa shape index (κ3) is 8.83. The number of ketones is 1. The van der Waals surface area contributed by atoms with Crippen LogP contribution in [-0.4, -0.2) is 18.4 Å². The average Bonchev–Trinajstić information content (AvgIpc) is 3.13. The van der Waals surface area contributed by atoms with Crippen LogP contribution in [0.1, 0.15) is 113 Å². The number of carbonyl (C=O) groups is 2. The fourth-order valence-electron chi connectivity index (χ4n) is 4.89. The van der Waals surface area contributed by atoms with Crippen molar-refractivity contribution in [3.8, 4) is 0 Å². The van der Waals surface area contributed by atoms with Crippen molar-refractivity contribution in [1.29, 1.82) is 0 Å². The zero-order chi connectivity index (χ0) is 24.7. The van der Waals surface area contributed by atoms with Gasteiger partial charge in [0, 0.05) is 5.69 Å². The Kier molecular flexibility index (Phi) is 11.9. The highest BCUT2D eigenvalue weighted by molar-refractivity contribution is 6.52. The van der Waals surface area contributed by atoms with Crippen molar-refractivity contribution in [3.05, 3.63) is 59.7 Å². The maximum absolute atomic E-state index is 12.3. The predicted molar refractivity (Wildman–Crippen MR) is 147 cm³/mol. The number of nitrogens with one attached hydrogen (secondary N) is 1. The highest BCUT2D eigenvalue weighted by Gasteiger charge is 2.35. The van der Waals surface area contributed by atoms with E-state index < -0.39 is 11.7 Å². The van der Waals surface area contributed by atoms with Gasteiger partial charge < -0.3 is 5.32 Å². The van der Waals surface area contributed by atoms with Gasteiger partial charge >= 0.3 is 5.91 Å². The lowest BCUT2D eigenvalue weighted by atomic mass is 10.0. The number of hydrogen-bond acceptors (Lipinski definition) is 3. The Labute approximate surface area is 212 Å². The summed E-state index contributed by atoms with van der Waals surface area (Å²) in [7, 11) is 0. The maximum atomic E-state index is 12.3. The Morgan fingerprint density at radius 3 is 1.80 bits per heavy atom. The summed E-state index contributed by atoms with van der Waals surface area (Å²) >= 11 is 0. The maximum Gasteiger partial charge on any atom is 0.300 e. The molecule has 0 fully saturated rings. The Morgan fingerprint density at radius 1 is 0.657 bits per heavy atom. The highest BCUT2D eigenvalue weighted by Crippen LogP contribution is 2.28. The Balaban J connectivity index is 1.22. The zero-order valence-corrected chi connectivity index (χ0v) is 21.7. The molecule has 0 aliphatic carbocycles. The van der Waals surface area contributed by atoms with Gasteiger partial charge in [0.05, 0.1) is 17.9 Å². The molecular weight excluding hydrogens is 432 g/mol. The van der Waals surface area contributed by atoms with Crippen LogP contribution >= 0.6 is 0 Å². The number of amides is 1. The van der Waals surface area contributed by atoms with Crippen molar-refractivity contribution in [2.45, 2.75) is 103 Å². The molecule has 4 nitrogen and oxygen atoms in total. The van der Waals surface area contributed by atoms with Crippen LogP contribution in [-0.2, 0) is 11.2 Å². The summed E-state index contributed by atoms with van der Waals surface area (Å²) < 4.78 is 0. The van der Waals surface area contributed by atoms with E-state index in [1.807, 2.05) is 12.1 Å². The van der Waals surface area contributed by atoms with E-state index in [0.717, 1.165) is 12.1 Å². The minimum absolute atomic E-state index is 0.292. The lowest BCUT2D eigenvalue weighted by molar-refractivity contribution is -0.114. The molecular formula is C31H44N2O2. The minimum Gasteiger partial charge on any atom is -0.367 e. The first-order chi connectivity index (χ1) is 17.2. The summed E-state index contributed by atoms with van der Waals surface area (Å²) in [6.45, 7) is 2.57. The van der Waals surface area contributed by atoms with Crippen LogP contribution in [0.3, 0.4) is 0 Å². The van der Waals surface area contributed by atoms with E-state index in [2.05, 4.69) is 36.5 Å². The number of benzene rings is 2.